The Morgan fingerprint density at radius 1 is 1.10 bits per heavy atom. The maximum Gasteiger partial charge on any atom is 0.257 e. The van der Waals surface area contributed by atoms with Gasteiger partial charge in [-0.1, -0.05) is 30.3 Å². The summed E-state index contributed by atoms with van der Waals surface area (Å²) >= 11 is 0. The summed E-state index contributed by atoms with van der Waals surface area (Å²) in [5.74, 6) is 0.0551. The number of ketones is 1. The summed E-state index contributed by atoms with van der Waals surface area (Å²) < 4.78 is 5.61. The minimum Gasteiger partial charge on any atom is -0.493 e. The molecule has 2 aliphatic rings. The summed E-state index contributed by atoms with van der Waals surface area (Å²) in [7, 11) is 1.71. The zero-order valence-corrected chi connectivity index (χ0v) is 16.8. The number of carbonyl (C=O) groups excluding carboxylic acids is 3. The van der Waals surface area contributed by atoms with Crippen LogP contribution in [0.25, 0.3) is 0 Å². The first-order valence-electron chi connectivity index (χ1n) is 9.80. The van der Waals surface area contributed by atoms with Crippen LogP contribution in [-0.2, 0) is 0 Å². The average Bonchev–Trinajstić information content (AvgIpc) is 3.08. The summed E-state index contributed by atoms with van der Waals surface area (Å²) in [4.78, 5) is 43.0. The van der Waals surface area contributed by atoms with Gasteiger partial charge in [-0.25, -0.2) is 0 Å². The van der Waals surface area contributed by atoms with Gasteiger partial charge in [-0.3, -0.25) is 14.4 Å². The van der Waals surface area contributed by atoms with Crippen molar-refractivity contribution in [1.29, 1.82) is 0 Å². The number of para-hydroxylation sites is 1. The van der Waals surface area contributed by atoms with E-state index in [4.69, 9.17) is 4.74 Å². The van der Waals surface area contributed by atoms with Crippen molar-refractivity contribution in [2.24, 2.45) is 5.41 Å². The second-order valence-corrected chi connectivity index (χ2v) is 7.84. The molecule has 2 aromatic rings. The van der Waals surface area contributed by atoms with E-state index >= 15 is 0 Å². The Balaban J connectivity index is 1.72. The van der Waals surface area contributed by atoms with Crippen LogP contribution in [0.1, 0.15) is 44.9 Å². The second kappa shape index (κ2) is 7.03. The van der Waals surface area contributed by atoms with Crippen LogP contribution in [0.15, 0.2) is 48.5 Å². The number of fused-ring (bicyclic) bond motifs is 2. The molecule has 2 aliphatic heterocycles. The highest BCUT2D eigenvalue weighted by atomic mass is 16.5. The van der Waals surface area contributed by atoms with Crippen LogP contribution >= 0.6 is 0 Å². The molecule has 1 fully saturated rings. The molecule has 0 aromatic heterocycles. The monoisotopic (exact) mass is 392 g/mol. The first kappa shape index (κ1) is 19.2. The fourth-order valence-corrected chi connectivity index (χ4v) is 4.51. The Hall–Kier alpha value is -3.15. The van der Waals surface area contributed by atoms with Gasteiger partial charge in [0.15, 0.2) is 5.78 Å². The van der Waals surface area contributed by atoms with Gasteiger partial charge in [0.1, 0.15) is 5.75 Å². The highest BCUT2D eigenvalue weighted by Gasteiger charge is 2.55. The van der Waals surface area contributed by atoms with E-state index in [2.05, 4.69) is 0 Å². The van der Waals surface area contributed by atoms with Crippen molar-refractivity contribution in [2.45, 2.75) is 19.9 Å². The lowest BCUT2D eigenvalue weighted by Crippen LogP contribution is -2.48. The molecular formula is C23H24N2O4. The molecule has 29 heavy (non-hydrogen) atoms. The van der Waals surface area contributed by atoms with Crippen LogP contribution < -0.4 is 4.74 Å². The maximum atomic E-state index is 13.5. The van der Waals surface area contributed by atoms with E-state index < -0.39 is 11.5 Å². The van der Waals surface area contributed by atoms with Crippen molar-refractivity contribution in [3.05, 3.63) is 65.2 Å². The smallest absolute Gasteiger partial charge is 0.257 e. The molecule has 150 valence electrons. The molecule has 0 bridgehead atoms. The zero-order valence-electron chi connectivity index (χ0n) is 16.8. The third-order valence-electron chi connectivity index (χ3n) is 6.06. The molecule has 6 heteroatoms. The van der Waals surface area contributed by atoms with Gasteiger partial charge in [-0.2, -0.15) is 0 Å². The Morgan fingerprint density at radius 2 is 1.76 bits per heavy atom. The van der Waals surface area contributed by atoms with Crippen molar-refractivity contribution >= 4 is 17.6 Å². The first-order valence-corrected chi connectivity index (χ1v) is 9.80. The lowest BCUT2D eigenvalue weighted by atomic mass is 9.78. The van der Waals surface area contributed by atoms with Gasteiger partial charge in [-0.15, -0.1) is 0 Å². The molecular weight excluding hydrogens is 368 g/mol. The molecule has 6 nitrogen and oxygen atoms in total. The number of rotatable bonds is 3. The van der Waals surface area contributed by atoms with Crippen molar-refractivity contribution in [3.63, 3.8) is 0 Å². The van der Waals surface area contributed by atoms with Crippen molar-refractivity contribution < 1.29 is 19.1 Å². The summed E-state index contributed by atoms with van der Waals surface area (Å²) in [6, 6.07) is 13.7. The van der Waals surface area contributed by atoms with Crippen molar-refractivity contribution in [1.82, 2.24) is 9.80 Å². The number of ether oxygens (including phenoxy) is 1. The molecule has 0 N–H and O–H groups in total. The molecule has 0 unspecified atom stereocenters. The lowest BCUT2D eigenvalue weighted by molar-refractivity contribution is 0.0606. The number of amides is 2. The van der Waals surface area contributed by atoms with Crippen LogP contribution in [0.4, 0.5) is 0 Å². The Bertz CT molecular complexity index is 1000. The van der Waals surface area contributed by atoms with E-state index in [0.717, 1.165) is 0 Å². The summed E-state index contributed by atoms with van der Waals surface area (Å²) in [6.07, 6.45) is 0. The number of likely N-dealkylation sites (N-methyl/N-ethyl adjacent to an activating group) is 1. The van der Waals surface area contributed by atoms with Crippen LogP contribution in [0.3, 0.4) is 0 Å². The number of likely N-dealkylation sites (tertiary alicyclic amines) is 1. The molecule has 0 aliphatic carbocycles. The van der Waals surface area contributed by atoms with Gasteiger partial charge in [0.05, 0.1) is 29.2 Å². The van der Waals surface area contributed by atoms with Gasteiger partial charge in [0.25, 0.3) is 11.8 Å². The van der Waals surface area contributed by atoms with Crippen LogP contribution in [0.5, 0.6) is 5.75 Å². The molecule has 4 rings (SSSR count). The molecule has 0 radical (unpaired) electrons. The molecule has 2 amide bonds. The normalized spacial score (nSPS) is 23.5. The molecule has 1 saturated heterocycles. The quantitative estimate of drug-likeness (QED) is 0.806. The number of benzene rings is 2. The van der Waals surface area contributed by atoms with Crippen LogP contribution in [0.2, 0.25) is 0 Å². The van der Waals surface area contributed by atoms with Crippen molar-refractivity contribution in [3.8, 4) is 5.75 Å². The average molecular weight is 392 g/mol. The fraction of sp³-hybridized carbons (Fsp3) is 0.348. The summed E-state index contributed by atoms with van der Waals surface area (Å²) in [6.45, 7) is 4.73. The third-order valence-corrected chi connectivity index (χ3v) is 6.06. The number of Topliss-reactive ketones (excluding diaryl/α,β-unsaturated/α-hetero) is 1. The second-order valence-electron chi connectivity index (χ2n) is 7.84. The minimum absolute atomic E-state index is 0.0933. The highest BCUT2D eigenvalue weighted by molar-refractivity contribution is 6.13. The SMILES string of the molecule is CCOc1ccccc1C(=O)N1C[C@H]2N(C)C(=O)c3ccccc3C(=O)[C@@]2(C)C1. The third kappa shape index (κ3) is 2.90. The van der Waals surface area contributed by atoms with E-state index in [9.17, 15) is 14.4 Å². The predicted octanol–water partition coefficient (Wildman–Crippen LogP) is 2.88. The molecule has 2 heterocycles. The number of nitrogens with zero attached hydrogens (tertiary/aromatic N) is 2. The number of carbonyl (C=O) groups is 3. The Labute approximate surface area is 170 Å². The fourth-order valence-electron chi connectivity index (χ4n) is 4.51. The minimum atomic E-state index is -0.868. The van der Waals surface area contributed by atoms with E-state index in [-0.39, 0.29) is 24.1 Å². The van der Waals surface area contributed by atoms with E-state index in [1.807, 2.05) is 19.9 Å². The Kier molecular flexibility index (Phi) is 4.65. The van der Waals surface area contributed by atoms with Gasteiger partial charge < -0.3 is 14.5 Å². The van der Waals surface area contributed by atoms with Gasteiger partial charge in [0, 0.05) is 25.7 Å². The largest absolute Gasteiger partial charge is 0.493 e. The molecule has 2 atom stereocenters. The number of hydrogen-bond donors (Lipinski definition) is 0. The Morgan fingerprint density at radius 3 is 2.48 bits per heavy atom. The predicted molar refractivity (Wildman–Crippen MR) is 108 cm³/mol. The number of hydrogen-bond acceptors (Lipinski definition) is 4. The molecule has 0 saturated carbocycles. The maximum absolute atomic E-state index is 13.5. The summed E-state index contributed by atoms with van der Waals surface area (Å²) in [5.41, 5.74) is 0.456. The topological polar surface area (TPSA) is 66.9 Å². The molecule has 0 spiro atoms. The van der Waals surface area contributed by atoms with Crippen LogP contribution in [0, 0.1) is 5.41 Å². The zero-order chi connectivity index (χ0) is 20.8. The summed E-state index contributed by atoms with van der Waals surface area (Å²) in [5, 5.41) is 0. The van der Waals surface area contributed by atoms with E-state index in [1.165, 1.54) is 0 Å². The van der Waals surface area contributed by atoms with Gasteiger partial charge in [0.2, 0.25) is 0 Å². The van der Waals surface area contributed by atoms with Crippen molar-refractivity contribution in [2.75, 3.05) is 26.7 Å². The lowest BCUT2D eigenvalue weighted by Gasteiger charge is -2.32. The molecule has 2 aromatic carbocycles. The van der Waals surface area contributed by atoms with Crippen LogP contribution in [-0.4, -0.2) is 60.2 Å². The van der Waals surface area contributed by atoms with Gasteiger partial charge in [-0.05, 0) is 32.0 Å². The van der Waals surface area contributed by atoms with E-state index in [1.54, 1.807) is 59.3 Å². The first-order chi connectivity index (χ1) is 13.9. The standard InChI is InChI=1S/C23H24N2O4/c1-4-29-18-12-8-7-11-17(18)22(28)25-13-19-23(2,14-25)20(26)15-9-5-6-10-16(15)21(27)24(19)3/h5-12,19H,4,13-14H2,1-3H3/t19-,23+/m1/s1. The van der Waals surface area contributed by atoms with Gasteiger partial charge >= 0.3 is 0 Å². The van der Waals surface area contributed by atoms with E-state index in [0.29, 0.717) is 35.6 Å². The highest BCUT2D eigenvalue weighted by Crippen LogP contribution is 2.41.